The first-order valence-corrected chi connectivity index (χ1v) is 10.9. The average molecular weight is 464 g/mol. The van der Waals surface area contributed by atoms with Gasteiger partial charge in [-0.05, 0) is 46.5 Å². The molecule has 4 aromatic carbocycles. The number of carbonyl (C=O) groups is 3. The van der Waals surface area contributed by atoms with Crippen molar-refractivity contribution in [1.82, 2.24) is 0 Å². The molecule has 4 rings (SSSR count). The zero-order valence-electron chi connectivity index (χ0n) is 18.8. The molecular weight excluding hydrogens is 442 g/mol. The lowest BCUT2D eigenvalue weighted by molar-refractivity contribution is -0.105. The van der Waals surface area contributed by atoms with Crippen LogP contribution >= 0.6 is 0 Å². The molecular formula is C29H22NO5. The SMILES string of the molecule is O=CNc1[c]ccc(-c2cc(C(=O)OCc3ccccc3)cc(C(=O)OCc3ccccc3)c2)c1. The van der Waals surface area contributed by atoms with Gasteiger partial charge in [0, 0.05) is 11.8 Å². The molecule has 6 nitrogen and oxygen atoms in total. The van der Waals surface area contributed by atoms with E-state index < -0.39 is 11.9 Å². The first kappa shape index (κ1) is 23.4. The predicted octanol–water partition coefficient (Wildman–Crippen LogP) is 5.44. The molecule has 1 amide bonds. The van der Waals surface area contributed by atoms with Crippen LogP contribution < -0.4 is 5.32 Å². The summed E-state index contributed by atoms with van der Waals surface area (Å²) in [6.07, 6.45) is 0.555. The zero-order valence-corrected chi connectivity index (χ0v) is 18.8. The minimum atomic E-state index is -0.568. The van der Waals surface area contributed by atoms with E-state index in [0.29, 0.717) is 23.2 Å². The van der Waals surface area contributed by atoms with Gasteiger partial charge in [0.25, 0.3) is 0 Å². The number of anilines is 1. The van der Waals surface area contributed by atoms with Crippen LogP contribution in [0.4, 0.5) is 5.69 Å². The highest BCUT2D eigenvalue weighted by Crippen LogP contribution is 2.26. The highest BCUT2D eigenvalue weighted by Gasteiger charge is 2.17. The quantitative estimate of drug-likeness (QED) is 0.264. The van der Waals surface area contributed by atoms with Crippen molar-refractivity contribution < 1.29 is 23.9 Å². The summed E-state index contributed by atoms with van der Waals surface area (Å²) in [5.74, 6) is -1.14. The van der Waals surface area contributed by atoms with Crippen molar-refractivity contribution >= 4 is 24.0 Å². The van der Waals surface area contributed by atoms with E-state index in [1.54, 1.807) is 30.3 Å². The second-order valence-corrected chi connectivity index (χ2v) is 7.68. The second-order valence-electron chi connectivity index (χ2n) is 7.68. The van der Waals surface area contributed by atoms with Crippen LogP contribution in [0.3, 0.4) is 0 Å². The Morgan fingerprint density at radius 2 is 1.26 bits per heavy atom. The lowest BCUT2D eigenvalue weighted by Gasteiger charge is -2.11. The van der Waals surface area contributed by atoms with Gasteiger partial charge >= 0.3 is 11.9 Å². The number of nitrogens with one attached hydrogen (secondary N) is 1. The van der Waals surface area contributed by atoms with Gasteiger partial charge in [0.15, 0.2) is 0 Å². The molecule has 0 unspecified atom stereocenters. The van der Waals surface area contributed by atoms with Crippen molar-refractivity contribution in [3.63, 3.8) is 0 Å². The van der Waals surface area contributed by atoms with Gasteiger partial charge in [-0.15, -0.1) is 0 Å². The average Bonchev–Trinajstić information content (AvgIpc) is 2.91. The molecule has 0 saturated carbocycles. The van der Waals surface area contributed by atoms with Gasteiger partial charge in [0.2, 0.25) is 6.41 Å². The molecule has 0 spiro atoms. The third-order valence-corrected chi connectivity index (χ3v) is 5.18. The smallest absolute Gasteiger partial charge is 0.338 e. The second kappa shape index (κ2) is 11.4. The number of esters is 2. The highest BCUT2D eigenvalue weighted by atomic mass is 16.5. The Kier molecular flexibility index (Phi) is 7.66. The maximum atomic E-state index is 12.9. The number of ether oxygens (including phenoxy) is 2. The molecule has 0 saturated heterocycles. The van der Waals surface area contributed by atoms with Crippen LogP contribution in [0.15, 0.2) is 97.1 Å². The minimum Gasteiger partial charge on any atom is -0.457 e. The van der Waals surface area contributed by atoms with Gasteiger partial charge in [-0.3, -0.25) is 4.79 Å². The molecule has 35 heavy (non-hydrogen) atoms. The van der Waals surface area contributed by atoms with Crippen molar-refractivity contribution in [2.24, 2.45) is 0 Å². The number of benzene rings is 4. The van der Waals surface area contributed by atoms with Gasteiger partial charge in [-0.25, -0.2) is 9.59 Å². The summed E-state index contributed by atoms with van der Waals surface area (Å²) >= 11 is 0. The summed E-state index contributed by atoms with van der Waals surface area (Å²) in [6.45, 7) is 0.205. The zero-order chi connectivity index (χ0) is 24.5. The molecule has 0 heterocycles. The minimum absolute atomic E-state index is 0.103. The monoisotopic (exact) mass is 464 g/mol. The van der Waals surface area contributed by atoms with Crippen molar-refractivity contribution in [1.29, 1.82) is 0 Å². The Balaban J connectivity index is 1.62. The van der Waals surface area contributed by atoms with Gasteiger partial charge in [0.05, 0.1) is 11.1 Å². The molecule has 0 aliphatic carbocycles. The molecule has 0 aliphatic rings. The molecule has 0 fully saturated rings. The Labute approximate surface area is 203 Å². The number of hydrogen-bond acceptors (Lipinski definition) is 5. The Bertz CT molecular complexity index is 1250. The Morgan fingerprint density at radius 1 is 0.714 bits per heavy atom. The third kappa shape index (κ3) is 6.42. The van der Waals surface area contributed by atoms with Crippen molar-refractivity contribution in [3.8, 4) is 11.1 Å². The molecule has 0 atom stereocenters. The van der Waals surface area contributed by atoms with Crippen LogP contribution in [-0.4, -0.2) is 18.3 Å². The molecule has 0 aromatic heterocycles. The van der Waals surface area contributed by atoms with Crippen molar-refractivity contribution in [2.75, 3.05) is 5.32 Å². The fraction of sp³-hybridized carbons (Fsp3) is 0.0690. The molecule has 1 radical (unpaired) electrons. The first-order valence-electron chi connectivity index (χ1n) is 10.9. The summed E-state index contributed by atoms with van der Waals surface area (Å²) in [5, 5.41) is 2.55. The van der Waals surface area contributed by atoms with Crippen LogP contribution in [-0.2, 0) is 27.5 Å². The van der Waals surface area contributed by atoms with E-state index in [0.717, 1.165) is 11.1 Å². The molecule has 0 bridgehead atoms. The Morgan fingerprint density at radius 3 is 1.77 bits per heavy atom. The van der Waals surface area contributed by atoms with Crippen LogP contribution in [0, 0.1) is 6.07 Å². The summed E-state index contributed by atoms with van der Waals surface area (Å²) in [6, 6.07) is 31.4. The van der Waals surface area contributed by atoms with Gasteiger partial charge in [-0.2, -0.15) is 0 Å². The van der Waals surface area contributed by atoms with Gasteiger partial charge in [0.1, 0.15) is 13.2 Å². The largest absolute Gasteiger partial charge is 0.457 e. The highest BCUT2D eigenvalue weighted by molar-refractivity contribution is 5.97. The number of hydrogen-bond donors (Lipinski definition) is 1. The number of amides is 1. The molecule has 4 aromatic rings. The maximum Gasteiger partial charge on any atom is 0.338 e. The summed E-state index contributed by atoms with van der Waals surface area (Å²) in [7, 11) is 0. The number of rotatable bonds is 9. The van der Waals surface area contributed by atoms with E-state index in [9.17, 15) is 14.4 Å². The summed E-state index contributed by atoms with van der Waals surface area (Å²) < 4.78 is 11.0. The van der Waals surface area contributed by atoms with E-state index in [1.807, 2.05) is 60.7 Å². The maximum absolute atomic E-state index is 12.9. The first-order chi connectivity index (χ1) is 17.1. The van der Waals surface area contributed by atoms with E-state index in [-0.39, 0.29) is 24.3 Å². The molecule has 6 heteroatoms. The van der Waals surface area contributed by atoms with Crippen molar-refractivity contribution in [3.05, 3.63) is 125 Å². The van der Waals surface area contributed by atoms with Crippen molar-refractivity contribution in [2.45, 2.75) is 13.2 Å². The molecule has 0 aliphatic heterocycles. The van der Waals surface area contributed by atoms with Crippen LogP contribution in [0.1, 0.15) is 31.8 Å². The molecule has 173 valence electrons. The van der Waals surface area contributed by atoms with Gasteiger partial charge < -0.3 is 14.8 Å². The van der Waals surface area contributed by atoms with E-state index in [4.69, 9.17) is 9.47 Å². The van der Waals surface area contributed by atoms with E-state index >= 15 is 0 Å². The fourth-order valence-electron chi connectivity index (χ4n) is 3.44. The van der Waals surface area contributed by atoms with Gasteiger partial charge in [-0.1, -0.05) is 72.8 Å². The summed E-state index contributed by atoms with van der Waals surface area (Å²) in [5.41, 5.74) is 3.86. The van der Waals surface area contributed by atoms with E-state index in [1.165, 1.54) is 6.07 Å². The predicted molar refractivity (Wildman–Crippen MR) is 132 cm³/mol. The van der Waals surface area contributed by atoms with Crippen LogP contribution in [0.25, 0.3) is 11.1 Å². The number of carbonyl (C=O) groups excluding carboxylic acids is 3. The van der Waals surface area contributed by atoms with Crippen LogP contribution in [0.2, 0.25) is 0 Å². The fourth-order valence-corrected chi connectivity index (χ4v) is 3.44. The standard InChI is InChI=1S/C29H22NO5/c31-20-30-27-13-7-12-23(17-27)24-14-25(28(32)34-18-21-8-3-1-4-9-21)16-26(15-24)29(33)35-19-22-10-5-2-6-11-22/h1-12,14-17,20H,18-19H2,(H,30,31). The lowest BCUT2D eigenvalue weighted by Crippen LogP contribution is -2.10. The van der Waals surface area contributed by atoms with E-state index in [2.05, 4.69) is 11.4 Å². The lowest BCUT2D eigenvalue weighted by atomic mass is 9.99. The normalized spacial score (nSPS) is 10.3. The third-order valence-electron chi connectivity index (χ3n) is 5.18. The topological polar surface area (TPSA) is 81.7 Å². The summed E-state index contributed by atoms with van der Waals surface area (Å²) in [4.78, 5) is 36.6. The Hall–Kier alpha value is -4.71. The molecule has 1 N–H and O–H groups in total. The van der Waals surface area contributed by atoms with Crippen LogP contribution in [0.5, 0.6) is 0 Å².